The number of rotatable bonds is 9. The molecule has 6 nitrogen and oxygen atoms in total. The third-order valence-corrected chi connectivity index (χ3v) is 7.00. The van der Waals surface area contributed by atoms with E-state index in [9.17, 15) is 4.79 Å². The van der Waals surface area contributed by atoms with Crippen molar-refractivity contribution in [3.63, 3.8) is 0 Å². The number of aromatic nitrogens is 1. The van der Waals surface area contributed by atoms with Gasteiger partial charge >= 0.3 is 0 Å². The van der Waals surface area contributed by atoms with Crippen molar-refractivity contribution < 1.29 is 14.3 Å². The lowest BCUT2D eigenvalue weighted by Crippen LogP contribution is -2.41. The number of nitrogens with zero attached hydrogens (tertiary/aromatic N) is 2. The van der Waals surface area contributed by atoms with Crippen molar-refractivity contribution in [2.75, 3.05) is 46.5 Å². The molecule has 1 N–H and O–H groups in total. The highest BCUT2D eigenvalue weighted by atomic mass is 16.5. The van der Waals surface area contributed by atoms with Crippen LogP contribution < -0.4 is 10.1 Å². The number of hydrogen-bond acceptors (Lipinski definition) is 4. The Morgan fingerprint density at radius 1 is 1.09 bits per heavy atom. The SMILES string of the molecule is COc1ccc(Cn2cc([C@@H](CC(=O)NCCN3CCOCC3)C(C)(C)C)c3ccccc32)cc1. The Morgan fingerprint density at radius 2 is 1.80 bits per heavy atom. The van der Waals surface area contributed by atoms with Gasteiger partial charge in [0, 0.05) is 56.2 Å². The molecular weight excluding hydrogens is 438 g/mol. The van der Waals surface area contributed by atoms with Crippen LogP contribution in [0.15, 0.2) is 54.7 Å². The van der Waals surface area contributed by atoms with E-state index in [2.05, 4.69) is 78.2 Å². The molecule has 1 aromatic heterocycles. The average Bonchev–Trinajstić information content (AvgIpc) is 3.21. The summed E-state index contributed by atoms with van der Waals surface area (Å²) >= 11 is 0. The van der Waals surface area contributed by atoms with Gasteiger partial charge in [-0.3, -0.25) is 9.69 Å². The van der Waals surface area contributed by atoms with Crippen LogP contribution in [0.5, 0.6) is 5.75 Å². The zero-order chi connectivity index (χ0) is 24.8. The molecule has 35 heavy (non-hydrogen) atoms. The van der Waals surface area contributed by atoms with E-state index >= 15 is 0 Å². The number of para-hydroxylation sites is 1. The number of carbonyl (C=O) groups excluding carboxylic acids is 1. The van der Waals surface area contributed by atoms with Crippen molar-refractivity contribution >= 4 is 16.8 Å². The molecule has 1 aliphatic heterocycles. The molecule has 2 aromatic carbocycles. The van der Waals surface area contributed by atoms with E-state index in [0.29, 0.717) is 13.0 Å². The number of fused-ring (bicyclic) bond motifs is 1. The Balaban J connectivity index is 1.52. The molecule has 1 saturated heterocycles. The lowest BCUT2D eigenvalue weighted by atomic mass is 9.74. The highest BCUT2D eigenvalue weighted by Crippen LogP contribution is 2.41. The maximum atomic E-state index is 13.0. The van der Waals surface area contributed by atoms with Crippen molar-refractivity contribution in [2.45, 2.75) is 39.7 Å². The van der Waals surface area contributed by atoms with Crippen LogP contribution in [0.4, 0.5) is 0 Å². The number of methoxy groups -OCH3 is 1. The Bertz CT molecular complexity index is 1110. The standard InChI is InChI=1S/C29H39N3O3/c1-29(2,3)26(19-28(33)30-13-14-31-15-17-35-18-16-31)25-21-32(27-8-6-5-7-24(25)27)20-22-9-11-23(34-4)12-10-22/h5-12,21,26H,13-20H2,1-4H3,(H,30,33)/t26-/m1/s1. The van der Waals surface area contributed by atoms with Crippen LogP contribution in [0, 0.1) is 5.41 Å². The molecule has 1 atom stereocenters. The van der Waals surface area contributed by atoms with Crippen LogP contribution >= 0.6 is 0 Å². The van der Waals surface area contributed by atoms with Gasteiger partial charge in [0.15, 0.2) is 0 Å². The molecule has 2 heterocycles. The quantitative estimate of drug-likeness (QED) is 0.487. The van der Waals surface area contributed by atoms with Gasteiger partial charge < -0.3 is 19.4 Å². The van der Waals surface area contributed by atoms with E-state index in [0.717, 1.165) is 45.1 Å². The molecule has 1 fully saturated rings. The number of morpholine rings is 1. The maximum absolute atomic E-state index is 13.0. The largest absolute Gasteiger partial charge is 0.497 e. The first-order valence-corrected chi connectivity index (χ1v) is 12.6. The highest BCUT2D eigenvalue weighted by molar-refractivity contribution is 5.86. The molecule has 1 aliphatic rings. The summed E-state index contributed by atoms with van der Waals surface area (Å²) in [6, 6.07) is 16.7. The van der Waals surface area contributed by atoms with Gasteiger partial charge in [0.2, 0.25) is 5.91 Å². The second-order valence-electron chi connectivity index (χ2n) is 10.5. The van der Waals surface area contributed by atoms with E-state index < -0.39 is 0 Å². The van der Waals surface area contributed by atoms with Crippen LogP contribution in [0.25, 0.3) is 10.9 Å². The summed E-state index contributed by atoms with van der Waals surface area (Å²) in [4.78, 5) is 15.4. The zero-order valence-corrected chi connectivity index (χ0v) is 21.5. The maximum Gasteiger partial charge on any atom is 0.220 e. The number of hydrogen-bond donors (Lipinski definition) is 1. The summed E-state index contributed by atoms with van der Waals surface area (Å²) in [5.41, 5.74) is 3.59. The van der Waals surface area contributed by atoms with E-state index in [1.807, 2.05) is 12.1 Å². The molecule has 0 saturated carbocycles. The molecule has 4 rings (SSSR count). The van der Waals surface area contributed by atoms with Crippen molar-refractivity contribution in [1.82, 2.24) is 14.8 Å². The third kappa shape index (κ3) is 6.44. The molecule has 3 aromatic rings. The Morgan fingerprint density at radius 3 is 2.49 bits per heavy atom. The minimum Gasteiger partial charge on any atom is -0.497 e. The second-order valence-corrected chi connectivity index (χ2v) is 10.5. The Hall–Kier alpha value is -2.83. The van der Waals surface area contributed by atoms with Crippen LogP contribution in [-0.4, -0.2) is 61.9 Å². The van der Waals surface area contributed by atoms with E-state index in [1.54, 1.807) is 7.11 Å². The summed E-state index contributed by atoms with van der Waals surface area (Å²) in [6.45, 7) is 12.4. The number of amides is 1. The molecule has 0 radical (unpaired) electrons. The lowest BCUT2D eigenvalue weighted by Gasteiger charge is -2.31. The van der Waals surface area contributed by atoms with Crippen molar-refractivity contribution in [3.8, 4) is 5.75 Å². The van der Waals surface area contributed by atoms with Crippen LogP contribution in [0.3, 0.4) is 0 Å². The average molecular weight is 478 g/mol. The van der Waals surface area contributed by atoms with Crippen molar-refractivity contribution in [3.05, 3.63) is 65.9 Å². The molecule has 1 amide bonds. The van der Waals surface area contributed by atoms with Crippen molar-refractivity contribution in [2.24, 2.45) is 5.41 Å². The van der Waals surface area contributed by atoms with Crippen LogP contribution in [0.1, 0.15) is 44.2 Å². The molecule has 6 heteroatoms. The van der Waals surface area contributed by atoms with Gasteiger partial charge in [-0.25, -0.2) is 0 Å². The summed E-state index contributed by atoms with van der Waals surface area (Å²) in [6.07, 6.45) is 2.73. The molecule has 0 aliphatic carbocycles. The summed E-state index contributed by atoms with van der Waals surface area (Å²) in [5, 5.41) is 4.39. The summed E-state index contributed by atoms with van der Waals surface area (Å²) in [7, 11) is 1.69. The second kappa shape index (κ2) is 11.3. The first kappa shape index (κ1) is 25.3. The predicted molar refractivity (Wildman–Crippen MR) is 141 cm³/mol. The monoisotopic (exact) mass is 477 g/mol. The van der Waals surface area contributed by atoms with Gasteiger partial charge in [0.1, 0.15) is 5.75 Å². The smallest absolute Gasteiger partial charge is 0.220 e. The first-order valence-electron chi connectivity index (χ1n) is 12.6. The van der Waals surface area contributed by atoms with Gasteiger partial charge in [0.25, 0.3) is 0 Å². The summed E-state index contributed by atoms with van der Waals surface area (Å²) in [5.74, 6) is 1.08. The van der Waals surface area contributed by atoms with Crippen LogP contribution in [-0.2, 0) is 16.1 Å². The number of carbonyl (C=O) groups is 1. The van der Waals surface area contributed by atoms with Gasteiger partial charge in [-0.05, 0) is 40.7 Å². The fraction of sp³-hybridized carbons (Fsp3) is 0.483. The van der Waals surface area contributed by atoms with Crippen LogP contribution in [0.2, 0.25) is 0 Å². The first-order chi connectivity index (χ1) is 16.8. The van der Waals surface area contributed by atoms with Gasteiger partial charge in [-0.1, -0.05) is 51.1 Å². The molecule has 0 bridgehead atoms. The van der Waals surface area contributed by atoms with Gasteiger partial charge in [0.05, 0.1) is 20.3 Å². The van der Waals surface area contributed by atoms with Gasteiger partial charge in [-0.2, -0.15) is 0 Å². The molecule has 0 unspecified atom stereocenters. The molecule has 0 spiro atoms. The number of nitrogens with one attached hydrogen (secondary N) is 1. The number of benzene rings is 2. The molecule has 188 valence electrons. The minimum atomic E-state index is -0.0589. The minimum absolute atomic E-state index is 0.0589. The summed E-state index contributed by atoms with van der Waals surface area (Å²) < 4.78 is 13.0. The predicted octanol–water partition coefficient (Wildman–Crippen LogP) is 4.67. The Kier molecular flexibility index (Phi) is 8.14. The van der Waals surface area contributed by atoms with E-state index in [4.69, 9.17) is 9.47 Å². The van der Waals surface area contributed by atoms with Gasteiger partial charge in [-0.15, -0.1) is 0 Å². The highest BCUT2D eigenvalue weighted by Gasteiger charge is 2.31. The normalized spacial score (nSPS) is 15.8. The van der Waals surface area contributed by atoms with E-state index in [1.165, 1.54) is 22.0 Å². The topological polar surface area (TPSA) is 55.7 Å². The van der Waals surface area contributed by atoms with E-state index in [-0.39, 0.29) is 17.2 Å². The Labute approximate surface area is 209 Å². The fourth-order valence-corrected chi connectivity index (χ4v) is 4.93. The fourth-order valence-electron chi connectivity index (χ4n) is 4.93. The third-order valence-electron chi connectivity index (χ3n) is 7.00. The van der Waals surface area contributed by atoms with Crippen molar-refractivity contribution in [1.29, 1.82) is 0 Å². The zero-order valence-electron chi connectivity index (χ0n) is 21.5. The number of ether oxygens (including phenoxy) is 2. The lowest BCUT2D eigenvalue weighted by molar-refractivity contribution is -0.122. The molecular formula is C29H39N3O3.